The predicted molar refractivity (Wildman–Crippen MR) is 82.7 cm³/mol. The van der Waals surface area contributed by atoms with Crippen molar-refractivity contribution in [1.29, 1.82) is 0 Å². The summed E-state index contributed by atoms with van der Waals surface area (Å²) in [6.07, 6.45) is 2.86. The van der Waals surface area contributed by atoms with Gasteiger partial charge in [0.2, 0.25) is 6.29 Å². The molecule has 120 valence electrons. The molecule has 0 saturated heterocycles. The van der Waals surface area contributed by atoms with Gasteiger partial charge in [-0.25, -0.2) is 4.79 Å². The van der Waals surface area contributed by atoms with Crippen LogP contribution in [0, 0.1) is 17.8 Å². The van der Waals surface area contributed by atoms with Crippen molar-refractivity contribution < 1.29 is 14.3 Å². The fourth-order valence-corrected chi connectivity index (χ4v) is 3.64. The Bertz CT molecular complexity index is 433. The summed E-state index contributed by atoms with van der Waals surface area (Å²) in [4.78, 5) is 13.5. The van der Waals surface area contributed by atoms with E-state index in [1.807, 2.05) is 14.1 Å². The van der Waals surface area contributed by atoms with Crippen molar-refractivity contribution in [2.75, 3.05) is 14.1 Å². The van der Waals surface area contributed by atoms with Crippen LogP contribution in [0.15, 0.2) is 10.7 Å². The van der Waals surface area contributed by atoms with Crippen LogP contribution in [0.4, 0.5) is 0 Å². The first-order valence-corrected chi connectivity index (χ1v) is 8.12. The van der Waals surface area contributed by atoms with Gasteiger partial charge in [0, 0.05) is 14.1 Å². The van der Waals surface area contributed by atoms with Crippen molar-refractivity contribution in [3.05, 3.63) is 10.7 Å². The Hall–Kier alpha value is -0.740. The molecule has 0 amide bonds. The number of halogens is 1. The monoisotopic (exact) mass is 315 g/mol. The fourth-order valence-electron chi connectivity index (χ4n) is 3.34. The van der Waals surface area contributed by atoms with Crippen molar-refractivity contribution in [3.63, 3.8) is 0 Å². The van der Waals surface area contributed by atoms with E-state index < -0.39 is 12.3 Å². The van der Waals surface area contributed by atoms with Crippen LogP contribution in [0.1, 0.15) is 40.0 Å². The number of nitrogens with zero attached hydrogens (tertiary/aromatic N) is 1. The molecule has 0 aromatic carbocycles. The van der Waals surface area contributed by atoms with Gasteiger partial charge in [-0.15, -0.1) is 0 Å². The zero-order chi connectivity index (χ0) is 15.7. The summed E-state index contributed by atoms with van der Waals surface area (Å²) in [6, 6.07) is 0. The van der Waals surface area contributed by atoms with Gasteiger partial charge in [0.1, 0.15) is 5.70 Å². The first-order valence-electron chi connectivity index (χ1n) is 7.74. The lowest BCUT2D eigenvalue weighted by Crippen LogP contribution is -2.39. The Morgan fingerprint density at radius 3 is 2.57 bits per heavy atom. The molecule has 1 aliphatic carbocycles. The van der Waals surface area contributed by atoms with E-state index in [1.54, 1.807) is 4.90 Å². The van der Waals surface area contributed by atoms with E-state index in [9.17, 15) is 4.79 Å². The molecule has 0 bridgehead atoms. The zero-order valence-corrected chi connectivity index (χ0v) is 14.3. The lowest BCUT2D eigenvalue weighted by Gasteiger charge is -2.38. The summed E-state index contributed by atoms with van der Waals surface area (Å²) in [7, 11) is 3.69. The Morgan fingerprint density at radius 1 is 1.33 bits per heavy atom. The summed E-state index contributed by atoms with van der Waals surface area (Å²) in [5.41, 5.74) is 0.627. The third-order valence-electron chi connectivity index (χ3n) is 4.58. The number of hydrogen-bond acceptors (Lipinski definition) is 4. The molecule has 2 aliphatic rings. The van der Waals surface area contributed by atoms with Gasteiger partial charge in [-0.1, -0.05) is 38.8 Å². The standard InChI is InChI=1S/C16H26ClNO3/c1-9(2)11-7-6-10(3)8-12(11)20-16-14(18(4)5)13(17)15(19)21-16/h9-12,16H,6-8H2,1-5H3/t10-,11+,12-,16+/m1/s1. The van der Waals surface area contributed by atoms with E-state index in [0.717, 1.165) is 6.42 Å². The Kier molecular flexibility index (Phi) is 5.20. The fraction of sp³-hybridized carbons (Fsp3) is 0.812. The van der Waals surface area contributed by atoms with Gasteiger partial charge in [-0.3, -0.25) is 0 Å². The molecule has 0 radical (unpaired) electrons. The molecule has 1 saturated carbocycles. The third-order valence-corrected chi connectivity index (χ3v) is 4.93. The molecule has 0 N–H and O–H groups in total. The number of carbonyl (C=O) groups excluding carboxylic acids is 1. The second-order valence-electron chi connectivity index (χ2n) is 6.83. The summed E-state index contributed by atoms with van der Waals surface area (Å²) >= 11 is 6.05. The second kappa shape index (κ2) is 6.57. The van der Waals surface area contributed by atoms with E-state index in [0.29, 0.717) is 23.5 Å². The van der Waals surface area contributed by atoms with Gasteiger partial charge in [0.25, 0.3) is 0 Å². The normalized spacial score (nSPS) is 33.6. The number of ether oxygens (including phenoxy) is 2. The first kappa shape index (κ1) is 16.6. The van der Waals surface area contributed by atoms with Gasteiger partial charge in [-0.05, 0) is 30.6 Å². The van der Waals surface area contributed by atoms with Gasteiger partial charge in [-0.2, -0.15) is 0 Å². The van der Waals surface area contributed by atoms with Crippen LogP contribution in [0.5, 0.6) is 0 Å². The zero-order valence-electron chi connectivity index (χ0n) is 13.6. The summed E-state index contributed by atoms with van der Waals surface area (Å²) in [5, 5.41) is 0.134. The first-order chi connectivity index (χ1) is 9.81. The van der Waals surface area contributed by atoms with Gasteiger partial charge >= 0.3 is 5.97 Å². The number of carbonyl (C=O) groups is 1. The molecule has 21 heavy (non-hydrogen) atoms. The largest absolute Gasteiger partial charge is 0.425 e. The van der Waals surface area contributed by atoms with Crippen LogP contribution in [-0.4, -0.2) is 37.4 Å². The second-order valence-corrected chi connectivity index (χ2v) is 7.21. The van der Waals surface area contributed by atoms with E-state index >= 15 is 0 Å². The minimum Gasteiger partial charge on any atom is -0.425 e. The van der Waals surface area contributed by atoms with Gasteiger partial charge < -0.3 is 14.4 Å². The number of cyclic esters (lactones) is 1. The number of hydrogen-bond donors (Lipinski definition) is 0. The number of rotatable bonds is 4. The van der Waals surface area contributed by atoms with E-state index in [1.165, 1.54) is 12.8 Å². The quantitative estimate of drug-likeness (QED) is 0.746. The molecule has 1 aliphatic heterocycles. The Labute approximate surface area is 132 Å². The smallest absolute Gasteiger partial charge is 0.354 e. The summed E-state index contributed by atoms with van der Waals surface area (Å²) < 4.78 is 11.5. The van der Waals surface area contributed by atoms with E-state index in [2.05, 4.69) is 20.8 Å². The molecule has 0 spiro atoms. The van der Waals surface area contributed by atoms with Gasteiger partial charge in [0.05, 0.1) is 6.10 Å². The minimum absolute atomic E-state index is 0.115. The SMILES string of the molecule is CC(C)[C@@H]1CC[C@@H](C)C[C@H]1O[C@H]1OC(=O)C(Cl)=C1N(C)C. The van der Waals surface area contributed by atoms with E-state index in [-0.39, 0.29) is 11.1 Å². The van der Waals surface area contributed by atoms with Crippen molar-refractivity contribution >= 4 is 17.6 Å². The van der Waals surface area contributed by atoms with Crippen LogP contribution in [0.25, 0.3) is 0 Å². The molecule has 1 heterocycles. The summed E-state index contributed by atoms with van der Waals surface area (Å²) in [6.45, 7) is 6.71. The molecular weight excluding hydrogens is 290 g/mol. The van der Waals surface area contributed by atoms with Crippen molar-refractivity contribution in [2.45, 2.75) is 52.4 Å². The molecular formula is C16H26ClNO3. The van der Waals surface area contributed by atoms with Crippen molar-refractivity contribution in [1.82, 2.24) is 4.90 Å². The van der Waals surface area contributed by atoms with Crippen LogP contribution < -0.4 is 0 Å². The maximum absolute atomic E-state index is 11.7. The predicted octanol–water partition coefficient (Wildman–Crippen LogP) is 3.36. The molecule has 2 rings (SSSR count). The highest BCUT2D eigenvalue weighted by atomic mass is 35.5. The highest BCUT2D eigenvalue weighted by Gasteiger charge is 2.40. The van der Waals surface area contributed by atoms with Crippen LogP contribution in [-0.2, 0) is 14.3 Å². The average Bonchev–Trinajstić information content (AvgIpc) is 2.64. The molecule has 0 unspecified atom stereocenters. The molecule has 4 atom stereocenters. The maximum Gasteiger partial charge on any atom is 0.354 e. The third kappa shape index (κ3) is 3.54. The molecule has 1 fully saturated rings. The Morgan fingerprint density at radius 2 is 2.00 bits per heavy atom. The summed E-state index contributed by atoms with van der Waals surface area (Å²) in [5.74, 6) is 1.21. The van der Waals surface area contributed by atoms with Crippen LogP contribution in [0.2, 0.25) is 0 Å². The number of esters is 1. The average molecular weight is 316 g/mol. The highest BCUT2D eigenvalue weighted by Crippen LogP contribution is 2.38. The lowest BCUT2D eigenvalue weighted by atomic mass is 9.75. The van der Waals surface area contributed by atoms with Gasteiger partial charge in [0.15, 0.2) is 5.03 Å². The molecule has 5 heteroatoms. The molecule has 0 aromatic heterocycles. The van der Waals surface area contributed by atoms with Crippen LogP contribution >= 0.6 is 11.6 Å². The lowest BCUT2D eigenvalue weighted by molar-refractivity contribution is -0.184. The van der Waals surface area contributed by atoms with E-state index in [4.69, 9.17) is 21.1 Å². The molecule has 0 aromatic rings. The van der Waals surface area contributed by atoms with Crippen LogP contribution in [0.3, 0.4) is 0 Å². The topological polar surface area (TPSA) is 38.8 Å². The minimum atomic E-state index is -0.670. The molecule has 4 nitrogen and oxygen atoms in total. The van der Waals surface area contributed by atoms with Crippen molar-refractivity contribution in [3.8, 4) is 0 Å². The van der Waals surface area contributed by atoms with Crippen molar-refractivity contribution in [2.24, 2.45) is 17.8 Å². The maximum atomic E-state index is 11.7. The highest BCUT2D eigenvalue weighted by molar-refractivity contribution is 6.42. The number of likely N-dealkylation sites (N-methyl/N-ethyl adjacent to an activating group) is 1. The Balaban J connectivity index is 2.13.